The number of carbonyl (C=O) groups excluding carboxylic acids is 2. The minimum Gasteiger partial charge on any atom is -0.493 e. The van der Waals surface area contributed by atoms with Crippen LogP contribution in [0.4, 0.5) is 0 Å². The second kappa shape index (κ2) is 8.67. The van der Waals surface area contributed by atoms with Gasteiger partial charge in [-0.15, -0.1) is 0 Å². The van der Waals surface area contributed by atoms with E-state index in [-0.39, 0.29) is 0 Å². The van der Waals surface area contributed by atoms with Gasteiger partial charge in [0, 0.05) is 24.2 Å². The zero-order valence-corrected chi connectivity index (χ0v) is 15.4. The van der Waals surface area contributed by atoms with Gasteiger partial charge in [0.2, 0.25) is 0 Å². The summed E-state index contributed by atoms with van der Waals surface area (Å²) in [5, 5.41) is 4.06. The Bertz CT molecular complexity index is 955. The quantitative estimate of drug-likeness (QED) is 0.630. The summed E-state index contributed by atoms with van der Waals surface area (Å²) >= 11 is 0. The van der Waals surface area contributed by atoms with E-state index in [1.165, 1.54) is 19.4 Å². The molecule has 0 radical (unpaired) electrons. The summed E-state index contributed by atoms with van der Waals surface area (Å²) in [5.41, 5.74) is 5.32. The molecule has 2 heterocycles. The number of nitrogens with zero attached hydrogens (tertiary/aromatic N) is 3. The molecule has 0 bridgehead atoms. The Morgan fingerprint density at radius 3 is 2.43 bits per heavy atom. The van der Waals surface area contributed by atoms with Crippen LogP contribution in [-0.4, -0.2) is 40.3 Å². The number of methoxy groups -OCH3 is 1. The second-order valence-corrected chi connectivity index (χ2v) is 5.56. The summed E-state index contributed by atoms with van der Waals surface area (Å²) in [5.74, 6) is 0.557. The summed E-state index contributed by atoms with van der Waals surface area (Å²) in [6.07, 6.45) is 4.78. The molecule has 0 aliphatic heterocycles. The normalized spacial score (nSPS) is 10.2. The van der Waals surface area contributed by atoms with Crippen molar-refractivity contribution >= 4 is 11.8 Å². The van der Waals surface area contributed by atoms with Crippen LogP contribution in [0.3, 0.4) is 0 Å². The average Bonchev–Trinajstić information content (AvgIpc) is 3.27. The highest BCUT2D eigenvalue weighted by Gasteiger charge is 2.13. The number of aromatic nitrogens is 3. The molecule has 9 nitrogen and oxygen atoms in total. The lowest BCUT2D eigenvalue weighted by Crippen LogP contribution is -2.41. The molecule has 0 unspecified atom stereocenters. The third-order valence-corrected chi connectivity index (χ3v) is 3.76. The smallest absolute Gasteiger partial charge is 0.271 e. The predicted molar refractivity (Wildman–Crippen MR) is 100 cm³/mol. The number of rotatable bonds is 6. The molecule has 3 rings (SSSR count). The lowest BCUT2D eigenvalue weighted by molar-refractivity contribution is 0.0846. The second-order valence-electron chi connectivity index (χ2n) is 5.56. The molecule has 144 valence electrons. The van der Waals surface area contributed by atoms with E-state index in [0.717, 1.165) is 0 Å². The van der Waals surface area contributed by atoms with Crippen molar-refractivity contribution in [2.24, 2.45) is 0 Å². The van der Waals surface area contributed by atoms with Gasteiger partial charge in [-0.1, -0.05) is 0 Å². The van der Waals surface area contributed by atoms with Crippen LogP contribution in [-0.2, 0) is 0 Å². The zero-order valence-electron chi connectivity index (χ0n) is 15.4. The van der Waals surface area contributed by atoms with Gasteiger partial charge in [-0.2, -0.15) is 5.10 Å². The van der Waals surface area contributed by atoms with E-state index in [1.54, 1.807) is 47.4 Å². The third kappa shape index (κ3) is 4.26. The van der Waals surface area contributed by atoms with Crippen molar-refractivity contribution in [2.75, 3.05) is 13.7 Å². The van der Waals surface area contributed by atoms with Crippen LogP contribution < -0.4 is 20.3 Å². The number of hydrogen-bond donors (Lipinski definition) is 2. The van der Waals surface area contributed by atoms with Crippen LogP contribution in [0.1, 0.15) is 27.6 Å². The first-order chi connectivity index (χ1) is 13.6. The fourth-order valence-electron chi connectivity index (χ4n) is 2.40. The number of ether oxygens (including phenoxy) is 2. The van der Waals surface area contributed by atoms with Crippen molar-refractivity contribution in [3.05, 3.63) is 66.1 Å². The largest absolute Gasteiger partial charge is 0.493 e. The molecule has 0 saturated carbocycles. The number of hydrogen-bond acceptors (Lipinski definition) is 6. The van der Waals surface area contributed by atoms with Crippen LogP contribution >= 0.6 is 0 Å². The Labute approximate surface area is 161 Å². The molecule has 2 aromatic heterocycles. The van der Waals surface area contributed by atoms with Crippen LogP contribution in [0.25, 0.3) is 5.82 Å². The van der Waals surface area contributed by atoms with Crippen molar-refractivity contribution in [3.63, 3.8) is 0 Å². The highest BCUT2D eigenvalue weighted by molar-refractivity contribution is 5.99. The number of pyridine rings is 1. The first-order valence-electron chi connectivity index (χ1n) is 8.50. The first kappa shape index (κ1) is 18.9. The lowest BCUT2D eigenvalue weighted by atomic mass is 10.2. The highest BCUT2D eigenvalue weighted by Crippen LogP contribution is 2.27. The van der Waals surface area contributed by atoms with Gasteiger partial charge >= 0.3 is 0 Å². The highest BCUT2D eigenvalue weighted by atomic mass is 16.5. The molecule has 9 heteroatoms. The van der Waals surface area contributed by atoms with Gasteiger partial charge in [-0.05, 0) is 43.3 Å². The van der Waals surface area contributed by atoms with E-state index in [2.05, 4.69) is 20.9 Å². The lowest BCUT2D eigenvalue weighted by Gasteiger charge is -2.11. The number of hydrazine groups is 1. The molecule has 0 aliphatic rings. The Balaban J connectivity index is 1.61. The van der Waals surface area contributed by atoms with E-state index in [9.17, 15) is 9.59 Å². The molecule has 0 saturated heterocycles. The fourth-order valence-corrected chi connectivity index (χ4v) is 2.40. The molecule has 0 aliphatic carbocycles. The molecule has 0 fully saturated rings. The van der Waals surface area contributed by atoms with Gasteiger partial charge in [0.15, 0.2) is 17.3 Å². The number of nitrogens with one attached hydrogen (secondary N) is 2. The van der Waals surface area contributed by atoms with Crippen molar-refractivity contribution in [2.45, 2.75) is 6.92 Å². The Morgan fingerprint density at radius 2 is 1.82 bits per heavy atom. The minimum atomic E-state index is -0.495. The molecule has 0 spiro atoms. The van der Waals surface area contributed by atoms with Gasteiger partial charge in [-0.25, -0.2) is 9.67 Å². The SMILES string of the molecule is CCOc1ccc(C(=O)NNC(=O)c2ccc(-n3cccn3)nc2)cc1OC. The predicted octanol–water partition coefficient (Wildman–Crippen LogP) is 1.75. The van der Waals surface area contributed by atoms with Crippen LogP contribution in [0, 0.1) is 0 Å². The van der Waals surface area contributed by atoms with E-state index in [0.29, 0.717) is 35.1 Å². The van der Waals surface area contributed by atoms with E-state index >= 15 is 0 Å². The summed E-state index contributed by atoms with van der Waals surface area (Å²) in [4.78, 5) is 28.7. The van der Waals surface area contributed by atoms with Crippen LogP contribution in [0.5, 0.6) is 11.5 Å². The molecule has 0 atom stereocenters. The van der Waals surface area contributed by atoms with Crippen molar-refractivity contribution in [1.82, 2.24) is 25.6 Å². The monoisotopic (exact) mass is 381 g/mol. The Morgan fingerprint density at radius 1 is 1.07 bits per heavy atom. The molecule has 2 amide bonds. The summed E-state index contributed by atoms with van der Waals surface area (Å²) in [6.45, 7) is 2.33. The Hall–Kier alpha value is -3.88. The van der Waals surface area contributed by atoms with Gasteiger partial charge in [-0.3, -0.25) is 20.4 Å². The topological polar surface area (TPSA) is 107 Å². The van der Waals surface area contributed by atoms with E-state index in [1.807, 2.05) is 6.92 Å². The van der Waals surface area contributed by atoms with Gasteiger partial charge < -0.3 is 9.47 Å². The van der Waals surface area contributed by atoms with Gasteiger partial charge in [0.25, 0.3) is 11.8 Å². The maximum absolute atomic E-state index is 12.3. The molecule has 28 heavy (non-hydrogen) atoms. The van der Waals surface area contributed by atoms with Crippen molar-refractivity contribution in [3.8, 4) is 17.3 Å². The number of amides is 2. The summed E-state index contributed by atoms with van der Waals surface area (Å²) in [7, 11) is 1.49. The summed E-state index contributed by atoms with van der Waals surface area (Å²) in [6, 6.07) is 9.76. The molecular weight excluding hydrogens is 362 g/mol. The van der Waals surface area contributed by atoms with Crippen LogP contribution in [0.2, 0.25) is 0 Å². The zero-order chi connectivity index (χ0) is 19.9. The number of benzene rings is 1. The molecule has 3 aromatic rings. The fraction of sp³-hybridized carbons (Fsp3) is 0.158. The van der Waals surface area contributed by atoms with Crippen molar-refractivity contribution in [1.29, 1.82) is 0 Å². The van der Waals surface area contributed by atoms with E-state index < -0.39 is 11.8 Å². The van der Waals surface area contributed by atoms with Crippen LogP contribution in [0.15, 0.2) is 55.0 Å². The molecule has 2 N–H and O–H groups in total. The molecular formula is C19H19N5O4. The van der Waals surface area contributed by atoms with Gasteiger partial charge in [0.05, 0.1) is 19.3 Å². The maximum atomic E-state index is 12.3. The molecule has 1 aromatic carbocycles. The maximum Gasteiger partial charge on any atom is 0.271 e. The summed E-state index contributed by atoms with van der Waals surface area (Å²) < 4.78 is 12.2. The number of carbonyl (C=O) groups is 2. The van der Waals surface area contributed by atoms with Gasteiger partial charge in [0.1, 0.15) is 0 Å². The first-order valence-corrected chi connectivity index (χ1v) is 8.50. The third-order valence-electron chi connectivity index (χ3n) is 3.76. The average molecular weight is 381 g/mol. The van der Waals surface area contributed by atoms with E-state index in [4.69, 9.17) is 9.47 Å². The Kier molecular flexibility index (Phi) is 5.85. The minimum absolute atomic E-state index is 0.292. The van der Waals surface area contributed by atoms with Crippen molar-refractivity contribution < 1.29 is 19.1 Å². The standard InChI is InChI=1S/C19H19N5O4/c1-3-28-15-7-5-13(11-16(15)27-2)18(25)22-23-19(26)14-6-8-17(20-12-14)24-10-4-9-21-24/h4-12H,3H2,1-2H3,(H,22,25)(H,23,26).